The van der Waals surface area contributed by atoms with Crippen molar-refractivity contribution >= 4 is 17.3 Å². The third kappa shape index (κ3) is 3.29. The Kier molecular flexibility index (Phi) is 4.25. The minimum atomic E-state index is -0.0292. The fraction of sp³-hybridized carbons (Fsp3) is 0.188. The standard InChI is InChI=1S/C16H18N2O2/c1-12(19)18(15-7-4-6-14(17)10-15)11-13-5-3-8-16(9-13)20-2/h3-10H,11,17H2,1-2H3. The molecule has 4 nitrogen and oxygen atoms in total. The molecule has 0 aliphatic carbocycles. The lowest BCUT2D eigenvalue weighted by Gasteiger charge is -2.22. The Bertz CT molecular complexity index is 611. The Labute approximate surface area is 118 Å². The van der Waals surface area contributed by atoms with Crippen LogP contribution in [-0.4, -0.2) is 13.0 Å². The largest absolute Gasteiger partial charge is 0.497 e. The van der Waals surface area contributed by atoms with Crippen molar-refractivity contribution in [1.29, 1.82) is 0 Å². The van der Waals surface area contributed by atoms with Gasteiger partial charge in [0.05, 0.1) is 13.7 Å². The number of carbonyl (C=O) groups is 1. The fourth-order valence-corrected chi connectivity index (χ4v) is 2.03. The van der Waals surface area contributed by atoms with Gasteiger partial charge in [-0.1, -0.05) is 18.2 Å². The summed E-state index contributed by atoms with van der Waals surface area (Å²) in [5.74, 6) is 0.747. The van der Waals surface area contributed by atoms with Gasteiger partial charge in [0.15, 0.2) is 0 Å². The van der Waals surface area contributed by atoms with Gasteiger partial charge in [0.1, 0.15) is 5.75 Å². The minimum absolute atomic E-state index is 0.0292. The van der Waals surface area contributed by atoms with E-state index in [0.29, 0.717) is 12.2 Å². The van der Waals surface area contributed by atoms with Crippen molar-refractivity contribution in [3.63, 3.8) is 0 Å². The second-order valence-corrected chi connectivity index (χ2v) is 4.55. The molecule has 0 spiro atoms. The Balaban J connectivity index is 2.28. The number of amides is 1. The molecule has 0 unspecified atom stereocenters. The van der Waals surface area contributed by atoms with Crippen LogP contribution in [0.25, 0.3) is 0 Å². The number of carbonyl (C=O) groups excluding carboxylic acids is 1. The molecule has 0 bridgehead atoms. The second kappa shape index (κ2) is 6.10. The van der Waals surface area contributed by atoms with Crippen LogP contribution in [0.1, 0.15) is 12.5 Å². The fourth-order valence-electron chi connectivity index (χ4n) is 2.03. The number of benzene rings is 2. The smallest absolute Gasteiger partial charge is 0.224 e. The number of rotatable bonds is 4. The summed E-state index contributed by atoms with van der Waals surface area (Å²) in [7, 11) is 1.62. The summed E-state index contributed by atoms with van der Waals surface area (Å²) in [4.78, 5) is 13.6. The van der Waals surface area contributed by atoms with Gasteiger partial charge in [-0.2, -0.15) is 0 Å². The van der Waals surface area contributed by atoms with Gasteiger partial charge in [-0.05, 0) is 35.9 Å². The molecule has 0 aliphatic rings. The first-order chi connectivity index (χ1) is 9.60. The first kappa shape index (κ1) is 13.9. The predicted octanol–water partition coefficient (Wildman–Crippen LogP) is 2.83. The highest BCUT2D eigenvalue weighted by Gasteiger charge is 2.12. The zero-order valence-electron chi connectivity index (χ0n) is 11.7. The van der Waals surface area contributed by atoms with Gasteiger partial charge in [0.25, 0.3) is 0 Å². The van der Waals surface area contributed by atoms with Gasteiger partial charge in [-0.15, -0.1) is 0 Å². The molecular formula is C16H18N2O2. The molecular weight excluding hydrogens is 252 g/mol. The summed E-state index contributed by atoms with van der Waals surface area (Å²) in [6.45, 7) is 2.03. The number of hydrogen-bond donors (Lipinski definition) is 1. The van der Waals surface area contributed by atoms with E-state index in [1.807, 2.05) is 36.4 Å². The van der Waals surface area contributed by atoms with Gasteiger partial charge < -0.3 is 15.4 Å². The zero-order chi connectivity index (χ0) is 14.5. The molecule has 2 aromatic carbocycles. The van der Waals surface area contributed by atoms with Gasteiger partial charge in [-0.3, -0.25) is 4.79 Å². The maximum Gasteiger partial charge on any atom is 0.224 e. The molecule has 2 aromatic rings. The normalized spacial score (nSPS) is 10.1. The number of nitrogens with two attached hydrogens (primary N) is 1. The molecule has 0 saturated carbocycles. The van der Waals surface area contributed by atoms with Crippen LogP contribution in [0.4, 0.5) is 11.4 Å². The molecule has 104 valence electrons. The van der Waals surface area contributed by atoms with Crippen molar-refractivity contribution in [2.24, 2.45) is 0 Å². The van der Waals surface area contributed by atoms with E-state index in [4.69, 9.17) is 10.5 Å². The van der Waals surface area contributed by atoms with Crippen molar-refractivity contribution in [2.45, 2.75) is 13.5 Å². The van der Waals surface area contributed by atoms with Crippen LogP contribution in [0.3, 0.4) is 0 Å². The highest BCUT2D eigenvalue weighted by Crippen LogP contribution is 2.21. The van der Waals surface area contributed by atoms with Crippen LogP contribution < -0.4 is 15.4 Å². The average molecular weight is 270 g/mol. The molecule has 0 heterocycles. The van der Waals surface area contributed by atoms with E-state index in [1.54, 1.807) is 31.1 Å². The van der Waals surface area contributed by atoms with Gasteiger partial charge in [-0.25, -0.2) is 0 Å². The first-order valence-corrected chi connectivity index (χ1v) is 6.36. The van der Waals surface area contributed by atoms with Crippen molar-refractivity contribution < 1.29 is 9.53 Å². The topological polar surface area (TPSA) is 55.6 Å². The zero-order valence-corrected chi connectivity index (χ0v) is 11.7. The molecule has 0 aliphatic heterocycles. The minimum Gasteiger partial charge on any atom is -0.497 e. The van der Waals surface area contributed by atoms with Gasteiger partial charge >= 0.3 is 0 Å². The Morgan fingerprint density at radius 1 is 1.20 bits per heavy atom. The lowest BCUT2D eigenvalue weighted by molar-refractivity contribution is -0.116. The maximum absolute atomic E-state index is 11.9. The monoisotopic (exact) mass is 270 g/mol. The Hall–Kier alpha value is -2.49. The van der Waals surface area contributed by atoms with E-state index in [-0.39, 0.29) is 5.91 Å². The molecule has 0 saturated heterocycles. The van der Waals surface area contributed by atoms with E-state index in [9.17, 15) is 4.79 Å². The van der Waals surface area contributed by atoms with Crippen LogP contribution >= 0.6 is 0 Å². The third-order valence-electron chi connectivity index (χ3n) is 3.04. The van der Waals surface area contributed by atoms with Gasteiger partial charge in [0, 0.05) is 18.3 Å². The number of hydrogen-bond acceptors (Lipinski definition) is 3. The summed E-state index contributed by atoms with van der Waals surface area (Å²) >= 11 is 0. The Morgan fingerprint density at radius 3 is 2.60 bits per heavy atom. The third-order valence-corrected chi connectivity index (χ3v) is 3.04. The summed E-state index contributed by atoms with van der Waals surface area (Å²) in [5, 5.41) is 0. The summed E-state index contributed by atoms with van der Waals surface area (Å²) in [5.41, 5.74) is 8.21. The van der Waals surface area contributed by atoms with Crippen LogP contribution in [0, 0.1) is 0 Å². The SMILES string of the molecule is COc1cccc(CN(C(C)=O)c2cccc(N)c2)c1. The molecule has 0 atom stereocenters. The molecule has 20 heavy (non-hydrogen) atoms. The quantitative estimate of drug-likeness (QED) is 0.869. The number of nitrogen functional groups attached to an aromatic ring is 1. The number of ether oxygens (including phenoxy) is 1. The summed E-state index contributed by atoms with van der Waals surface area (Å²) in [6, 6.07) is 15.0. The molecule has 0 aromatic heterocycles. The van der Waals surface area contributed by atoms with E-state index in [0.717, 1.165) is 17.0 Å². The van der Waals surface area contributed by atoms with E-state index in [1.165, 1.54) is 0 Å². The van der Waals surface area contributed by atoms with Crippen molar-refractivity contribution in [3.8, 4) is 5.75 Å². The van der Waals surface area contributed by atoms with E-state index in [2.05, 4.69) is 0 Å². The van der Waals surface area contributed by atoms with Crippen LogP contribution in [0.5, 0.6) is 5.75 Å². The van der Waals surface area contributed by atoms with Crippen LogP contribution in [0.2, 0.25) is 0 Å². The first-order valence-electron chi connectivity index (χ1n) is 6.36. The maximum atomic E-state index is 11.9. The molecule has 2 N–H and O–H groups in total. The summed E-state index contributed by atoms with van der Waals surface area (Å²) < 4.78 is 5.20. The van der Waals surface area contributed by atoms with Crippen molar-refractivity contribution in [2.75, 3.05) is 17.7 Å². The number of anilines is 2. The van der Waals surface area contributed by atoms with Crippen LogP contribution in [-0.2, 0) is 11.3 Å². The van der Waals surface area contributed by atoms with Crippen molar-refractivity contribution in [1.82, 2.24) is 0 Å². The lowest BCUT2D eigenvalue weighted by atomic mass is 10.1. The van der Waals surface area contributed by atoms with Gasteiger partial charge in [0.2, 0.25) is 5.91 Å². The molecule has 0 fully saturated rings. The highest BCUT2D eigenvalue weighted by atomic mass is 16.5. The summed E-state index contributed by atoms with van der Waals surface area (Å²) in [6.07, 6.45) is 0. The number of methoxy groups -OCH3 is 1. The average Bonchev–Trinajstić information content (AvgIpc) is 2.44. The second-order valence-electron chi connectivity index (χ2n) is 4.55. The van der Waals surface area contributed by atoms with E-state index < -0.39 is 0 Å². The van der Waals surface area contributed by atoms with E-state index >= 15 is 0 Å². The Morgan fingerprint density at radius 2 is 1.95 bits per heavy atom. The van der Waals surface area contributed by atoms with Crippen LogP contribution in [0.15, 0.2) is 48.5 Å². The lowest BCUT2D eigenvalue weighted by Crippen LogP contribution is -2.27. The predicted molar refractivity (Wildman–Crippen MR) is 80.7 cm³/mol. The molecule has 0 radical (unpaired) electrons. The molecule has 2 rings (SSSR count). The van der Waals surface area contributed by atoms with Crippen molar-refractivity contribution in [3.05, 3.63) is 54.1 Å². The number of nitrogens with zero attached hydrogens (tertiary/aromatic N) is 1. The molecule has 4 heteroatoms. The molecule has 1 amide bonds. The highest BCUT2D eigenvalue weighted by molar-refractivity contribution is 5.91.